The zero-order chi connectivity index (χ0) is 19.7. The van der Waals surface area contributed by atoms with Gasteiger partial charge in [-0.3, -0.25) is 14.5 Å². The standard InChI is InChI=1S/C18H13N5O4S/c24-17-14-8-13(6-7-15(14)21-18(25)22-17)28(26,27)23-12-9-19-16(20-10-12)11-4-2-1-3-5-11/h1-10,23H,(H2,21,22,24,25). The van der Waals surface area contributed by atoms with Gasteiger partial charge in [-0.25, -0.2) is 23.2 Å². The quantitative estimate of drug-likeness (QED) is 0.478. The van der Waals surface area contributed by atoms with Crippen LogP contribution in [0.15, 0.2) is 75.4 Å². The fourth-order valence-electron chi connectivity index (χ4n) is 2.64. The molecule has 0 aliphatic heterocycles. The highest BCUT2D eigenvalue weighted by Crippen LogP contribution is 2.19. The Morgan fingerprint density at radius 2 is 1.61 bits per heavy atom. The molecule has 0 radical (unpaired) electrons. The summed E-state index contributed by atoms with van der Waals surface area (Å²) in [7, 11) is -3.98. The fourth-order valence-corrected chi connectivity index (χ4v) is 3.70. The van der Waals surface area contributed by atoms with E-state index in [0.717, 1.165) is 5.56 Å². The molecule has 10 heteroatoms. The summed E-state index contributed by atoms with van der Waals surface area (Å²) in [6.45, 7) is 0. The van der Waals surface area contributed by atoms with Gasteiger partial charge in [-0.2, -0.15) is 0 Å². The van der Waals surface area contributed by atoms with Gasteiger partial charge >= 0.3 is 5.69 Å². The number of hydrogen-bond acceptors (Lipinski definition) is 6. The highest BCUT2D eigenvalue weighted by atomic mass is 32.2. The Bertz CT molecular complexity index is 1380. The van der Waals surface area contributed by atoms with E-state index < -0.39 is 21.3 Å². The first kappa shape index (κ1) is 17.6. The van der Waals surface area contributed by atoms with Crippen molar-refractivity contribution in [3.05, 3.63) is 81.8 Å². The summed E-state index contributed by atoms with van der Waals surface area (Å²) in [5.41, 5.74) is -0.119. The lowest BCUT2D eigenvalue weighted by atomic mass is 10.2. The van der Waals surface area contributed by atoms with E-state index in [2.05, 4.69) is 24.7 Å². The highest BCUT2D eigenvalue weighted by molar-refractivity contribution is 7.92. The van der Waals surface area contributed by atoms with E-state index in [9.17, 15) is 18.0 Å². The van der Waals surface area contributed by atoms with Gasteiger partial charge in [0, 0.05) is 5.56 Å². The van der Waals surface area contributed by atoms with Crippen LogP contribution < -0.4 is 16.0 Å². The molecular weight excluding hydrogens is 382 g/mol. The Morgan fingerprint density at radius 3 is 2.32 bits per heavy atom. The average Bonchev–Trinajstić information content (AvgIpc) is 2.68. The molecule has 0 atom stereocenters. The van der Waals surface area contributed by atoms with E-state index in [1.165, 1.54) is 30.6 Å². The third kappa shape index (κ3) is 3.40. The smallest absolute Gasteiger partial charge is 0.307 e. The molecule has 0 aliphatic rings. The van der Waals surface area contributed by atoms with E-state index in [1.807, 2.05) is 30.3 Å². The van der Waals surface area contributed by atoms with Crippen molar-refractivity contribution in [1.82, 2.24) is 19.9 Å². The Morgan fingerprint density at radius 1 is 0.893 bits per heavy atom. The van der Waals surface area contributed by atoms with Gasteiger partial charge in [0.1, 0.15) is 0 Å². The molecule has 2 aromatic heterocycles. The zero-order valence-corrected chi connectivity index (χ0v) is 15.0. The number of rotatable bonds is 4. The maximum absolute atomic E-state index is 12.6. The first-order chi connectivity index (χ1) is 13.4. The van der Waals surface area contributed by atoms with Crippen molar-refractivity contribution >= 4 is 26.6 Å². The lowest BCUT2D eigenvalue weighted by molar-refractivity contribution is 0.601. The summed E-state index contributed by atoms with van der Waals surface area (Å²) in [6.07, 6.45) is 2.72. The number of nitrogens with one attached hydrogen (secondary N) is 3. The predicted molar refractivity (Wildman–Crippen MR) is 103 cm³/mol. The molecule has 4 rings (SSSR count). The van der Waals surface area contributed by atoms with Gasteiger partial charge in [0.15, 0.2) is 5.82 Å². The van der Waals surface area contributed by atoms with Crippen molar-refractivity contribution in [2.75, 3.05) is 4.72 Å². The van der Waals surface area contributed by atoms with Crippen molar-refractivity contribution < 1.29 is 8.42 Å². The number of aromatic amines is 2. The molecule has 2 heterocycles. The van der Waals surface area contributed by atoms with Crippen LogP contribution in [0.3, 0.4) is 0 Å². The topological polar surface area (TPSA) is 138 Å². The van der Waals surface area contributed by atoms with Crippen molar-refractivity contribution in [1.29, 1.82) is 0 Å². The second kappa shape index (κ2) is 6.74. The third-order valence-electron chi connectivity index (χ3n) is 3.96. The average molecular weight is 395 g/mol. The van der Waals surface area contributed by atoms with E-state index in [0.29, 0.717) is 5.82 Å². The van der Waals surface area contributed by atoms with Gasteiger partial charge in [-0.1, -0.05) is 30.3 Å². The summed E-state index contributed by atoms with van der Waals surface area (Å²) in [5, 5.41) is 0.0538. The van der Waals surface area contributed by atoms with Crippen LogP contribution in [-0.2, 0) is 10.0 Å². The molecule has 3 N–H and O–H groups in total. The molecule has 4 aromatic rings. The number of benzene rings is 2. The maximum atomic E-state index is 12.6. The van der Waals surface area contributed by atoms with Gasteiger partial charge < -0.3 is 4.98 Å². The van der Waals surface area contributed by atoms with Crippen LogP contribution in [-0.4, -0.2) is 28.4 Å². The summed E-state index contributed by atoms with van der Waals surface area (Å²) in [5.74, 6) is 0.463. The number of anilines is 1. The van der Waals surface area contributed by atoms with Gasteiger partial charge in [0.25, 0.3) is 15.6 Å². The third-order valence-corrected chi connectivity index (χ3v) is 5.34. The molecule has 0 unspecified atom stereocenters. The molecule has 9 nitrogen and oxygen atoms in total. The van der Waals surface area contributed by atoms with Crippen molar-refractivity contribution in [2.45, 2.75) is 4.90 Å². The van der Waals surface area contributed by atoms with E-state index in [4.69, 9.17) is 0 Å². The first-order valence-electron chi connectivity index (χ1n) is 8.09. The Balaban J connectivity index is 1.65. The number of H-pyrrole nitrogens is 2. The van der Waals surface area contributed by atoms with Crippen molar-refractivity contribution in [3.63, 3.8) is 0 Å². The summed E-state index contributed by atoms with van der Waals surface area (Å²) in [4.78, 5) is 35.9. The molecule has 0 amide bonds. The zero-order valence-electron chi connectivity index (χ0n) is 14.2. The normalized spacial score (nSPS) is 11.4. The molecular formula is C18H13N5O4S. The number of sulfonamides is 1. The van der Waals surface area contributed by atoms with Crippen LogP contribution >= 0.6 is 0 Å². The number of hydrogen-bond donors (Lipinski definition) is 3. The molecule has 0 fully saturated rings. The van der Waals surface area contributed by atoms with Crippen LogP contribution in [0.5, 0.6) is 0 Å². The Labute approximate surface area is 158 Å². The summed E-state index contributed by atoms with van der Waals surface area (Å²) >= 11 is 0. The maximum Gasteiger partial charge on any atom is 0.326 e. The molecule has 2 aromatic carbocycles. The number of fused-ring (bicyclic) bond motifs is 1. The highest BCUT2D eigenvalue weighted by Gasteiger charge is 2.16. The van der Waals surface area contributed by atoms with E-state index >= 15 is 0 Å². The van der Waals surface area contributed by atoms with Crippen molar-refractivity contribution in [3.8, 4) is 11.4 Å². The predicted octanol–water partition coefficient (Wildman–Crippen LogP) is 1.47. The molecule has 0 saturated heterocycles. The Kier molecular flexibility index (Phi) is 4.24. The minimum Gasteiger partial charge on any atom is -0.307 e. The summed E-state index contributed by atoms with van der Waals surface area (Å²) in [6, 6.07) is 13.1. The second-order valence-corrected chi connectivity index (χ2v) is 7.56. The van der Waals surface area contributed by atoms with Gasteiger partial charge in [-0.15, -0.1) is 0 Å². The SMILES string of the molecule is O=c1[nH]c(=O)c2cc(S(=O)(=O)Nc3cnc(-c4ccccc4)nc3)ccc2[nH]1. The van der Waals surface area contributed by atoms with Gasteiger partial charge in [-0.05, 0) is 18.2 Å². The van der Waals surface area contributed by atoms with E-state index in [1.54, 1.807) is 0 Å². The molecule has 0 bridgehead atoms. The molecule has 28 heavy (non-hydrogen) atoms. The molecule has 0 saturated carbocycles. The monoisotopic (exact) mass is 395 g/mol. The lowest BCUT2D eigenvalue weighted by Gasteiger charge is -2.09. The van der Waals surface area contributed by atoms with Crippen LogP contribution in [0.1, 0.15) is 0 Å². The first-order valence-corrected chi connectivity index (χ1v) is 9.57. The largest absolute Gasteiger partial charge is 0.326 e. The molecule has 0 aliphatic carbocycles. The van der Waals surface area contributed by atoms with Gasteiger partial charge in [0.05, 0.1) is 33.9 Å². The van der Waals surface area contributed by atoms with Crippen LogP contribution in [0.4, 0.5) is 5.69 Å². The minimum absolute atomic E-state index is 0.0538. The van der Waals surface area contributed by atoms with E-state index in [-0.39, 0.29) is 21.5 Å². The van der Waals surface area contributed by atoms with Crippen molar-refractivity contribution in [2.24, 2.45) is 0 Å². The van der Waals surface area contributed by atoms with Gasteiger partial charge in [0.2, 0.25) is 0 Å². The Hall–Kier alpha value is -3.79. The van der Waals surface area contributed by atoms with Crippen LogP contribution in [0.25, 0.3) is 22.3 Å². The second-order valence-electron chi connectivity index (χ2n) is 5.88. The molecule has 140 valence electrons. The molecule has 0 spiro atoms. The van der Waals surface area contributed by atoms with Crippen LogP contribution in [0.2, 0.25) is 0 Å². The lowest BCUT2D eigenvalue weighted by Crippen LogP contribution is -2.22. The summed E-state index contributed by atoms with van der Waals surface area (Å²) < 4.78 is 27.6. The number of nitrogens with zero attached hydrogens (tertiary/aromatic N) is 2. The number of aromatic nitrogens is 4. The van der Waals surface area contributed by atoms with Crippen LogP contribution in [0, 0.1) is 0 Å². The minimum atomic E-state index is -3.98. The fraction of sp³-hybridized carbons (Fsp3) is 0.